The molecule has 1 fully saturated rings. The third-order valence-corrected chi connectivity index (χ3v) is 6.79. The molecule has 33 heavy (non-hydrogen) atoms. The molecule has 3 aromatic rings. The Kier molecular flexibility index (Phi) is 6.06. The molecule has 3 atom stereocenters. The van der Waals surface area contributed by atoms with Gasteiger partial charge in [-0.15, -0.1) is 0 Å². The summed E-state index contributed by atoms with van der Waals surface area (Å²) in [6.45, 7) is 6.56. The molecule has 1 saturated heterocycles. The van der Waals surface area contributed by atoms with Crippen LogP contribution in [0.4, 0.5) is 4.39 Å². The zero-order valence-electron chi connectivity index (χ0n) is 18.9. The van der Waals surface area contributed by atoms with E-state index in [1.54, 1.807) is 13.0 Å². The molecule has 0 spiro atoms. The molecule has 2 N–H and O–H groups in total. The van der Waals surface area contributed by atoms with Crippen LogP contribution in [0.25, 0.3) is 10.9 Å². The highest BCUT2D eigenvalue weighted by molar-refractivity contribution is 6.40. The number of carbonyl (C=O) groups is 3. The highest BCUT2D eigenvalue weighted by Crippen LogP contribution is 2.33. The van der Waals surface area contributed by atoms with Crippen molar-refractivity contribution in [3.8, 4) is 0 Å². The summed E-state index contributed by atoms with van der Waals surface area (Å²) in [4.78, 5) is 41.7. The molecule has 0 saturated carbocycles. The summed E-state index contributed by atoms with van der Waals surface area (Å²) in [5.41, 5.74) is 2.97. The maximum atomic E-state index is 13.6. The minimum absolute atomic E-state index is 0.00679. The minimum atomic E-state index is -1.53. The number of carbonyl (C=O) groups excluding carboxylic acids is 2. The molecule has 2 aromatic carbocycles. The second kappa shape index (κ2) is 8.81. The van der Waals surface area contributed by atoms with Gasteiger partial charge in [0.25, 0.3) is 11.7 Å². The van der Waals surface area contributed by atoms with Gasteiger partial charge in [0.2, 0.25) is 0 Å². The Hall–Kier alpha value is -3.48. The second-order valence-electron chi connectivity index (χ2n) is 9.13. The first-order chi connectivity index (χ1) is 15.7. The van der Waals surface area contributed by atoms with Crippen LogP contribution >= 0.6 is 0 Å². The number of Topliss-reactive ketones (excluding diaryl/α,β-unsaturated/α-hetero) is 1. The van der Waals surface area contributed by atoms with Gasteiger partial charge in [-0.1, -0.05) is 19.1 Å². The molecule has 1 aliphatic heterocycles. The van der Waals surface area contributed by atoms with Crippen LogP contribution in [-0.4, -0.2) is 45.2 Å². The number of hydrogen-bond donors (Lipinski definition) is 2. The smallest absolute Gasteiger partial charge is 0.377 e. The van der Waals surface area contributed by atoms with Crippen LogP contribution in [0.2, 0.25) is 0 Å². The number of H-pyrrole nitrogens is 1. The molecule has 4 rings (SSSR count). The number of nitrogens with zero attached hydrogens (tertiary/aromatic N) is 1. The minimum Gasteiger partial charge on any atom is -0.475 e. The van der Waals surface area contributed by atoms with Gasteiger partial charge >= 0.3 is 5.97 Å². The first-order valence-corrected chi connectivity index (χ1v) is 11.1. The number of fused-ring (bicyclic) bond motifs is 1. The van der Waals surface area contributed by atoms with Gasteiger partial charge in [0.05, 0.1) is 5.56 Å². The standard InChI is InChI=1S/C26H27FN2O4/c1-14-13-29(15(2)10-19(14)11-17-4-7-20(27)8-5-17)25(31)23-16(3)28-22-9-6-18(12-21(22)23)24(30)26(32)33/h4-9,12,14-15,19,28H,10-11,13H2,1-3H3,(H,32,33)/t14-,15+,19?/m0/s1. The number of aromatic nitrogens is 1. The molecule has 1 amide bonds. The lowest BCUT2D eigenvalue weighted by molar-refractivity contribution is -0.131. The Labute approximate surface area is 191 Å². The van der Waals surface area contributed by atoms with E-state index in [4.69, 9.17) is 5.11 Å². The van der Waals surface area contributed by atoms with E-state index in [-0.39, 0.29) is 29.2 Å². The van der Waals surface area contributed by atoms with E-state index < -0.39 is 11.8 Å². The monoisotopic (exact) mass is 450 g/mol. The van der Waals surface area contributed by atoms with Crippen LogP contribution in [0, 0.1) is 24.6 Å². The second-order valence-corrected chi connectivity index (χ2v) is 9.13. The number of aliphatic carboxylic acids is 1. The van der Waals surface area contributed by atoms with Crippen molar-refractivity contribution in [2.75, 3.05) is 6.54 Å². The summed E-state index contributed by atoms with van der Waals surface area (Å²) in [6, 6.07) is 11.2. The molecular weight excluding hydrogens is 423 g/mol. The molecule has 1 unspecified atom stereocenters. The van der Waals surface area contributed by atoms with Gasteiger partial charge < -0.3 is 15.0 Å². The van der Waals surface area contributed by atoms with Gasteiger partial charge in [-0.2, -0.15) is 0 Å². The highest BCUT2D eigenvalue weighted by Gasteiger charge is 2.35. The molecule has 0 radical (unpaired) electrons. The fourth-order valence-corrected chi connectivity index (χ4v) is 4.94. The van der Waals surface area contributed by atoms with Gasteiger partial charge in [0.1, 0.15) is 5.82 Å². The third kappa shape index (κ3) is 4.40. The molecule has 1 aliphatic rings. The lowest BCUT2D eigenvalue weighted by Crippen LogP contribution is -2.48. The zero-order chi connectivity index (χ0) is 23.9. The Morgan fingerprint density at radius 2 is 1.82 bits per heavy atom. The Morgan fingerprint density at radius 1 is 1.12 bits per heavy atom. The fraction of sp³-hybridized carbons (Fsp3) is 0.346. The number of carboxylic acids is 1. The van der Waals surface area contributed by atoms with Gasteiger partial charge in [-0.05, 0) is 74.4 Å². The molecule has 7 heteroatoms. The number of piperidine rings is 1. The summed E-state index contributed by atoms with van der Waals surface area (Å²) in [5.74, 6) is -2.28. The first kappa shape index (κ1) is 22.7. The van der Waals surface area contributed by atoms with Crippen molar-refractivity contribution >= 4 is 28.6 Å². The Bertz CT molecular complexity index is 1230. The van der Waals surface area contributed by atoms with E-state index in [1.807, 2.05) is 24.0 Å². The number of ketones is 1. The van der Waals surface area contributed by atoms with Crippen molar-refractivity contribution in [1.29, 1.82) is 0 Å². The number of rotatable bonds is 5. The average molecular weight is 451 g/mol. The van der Waals surface area contributed by atoms with E-state index in [0.29, 0.717) is 34.6 Å². The predicted molar refractivity (Wildman–Crippen MR) is 123 cm³/mol. The van der Waals surface area contributed by atoms with Gasteiger partial charge in [0, 0.05) is 34.7 Å². The number of aromatic amines is 1. The summed E-state index contributed by atoms with van der Waals surface area (Å²) in [6.07, 6.45) is 1.66. The number of halogens is 1. The number of benzene rings is 2. The third-order valence-electron chi connectivity index (χ3n) is 6.79. The highest BCUT2D eigenvalue weighted by atomic mass is 19.1. The fourth-order valence-electron chi connectivity index (χ4n) is 4.94. The number of likely N-dealkylation sites (tertiary alicyclic amines) is 1. The van der Waals surface area contributed by atoms with Crippen molar-refractivity contribution in [3.05, 3.63) is 70.7 Å². The van der Waals surface area contributed by atoms with Crippen molar-refractivity contribution in [1.82, 2.24) is 9.88 Å². The number of hydrogen-bond acceptors (Lipinski definition) is 3. The quantitative estimate of drug-likeness (QED) is 0.439. The van der Waals surface area contributed by atoms with Crippen molar-refractivity contribution < 1.29 is 23.9 Å². The maximum Gasteiger partial charge on any atom is 0.377 e. The van der Waals surface area contributed by atoms with Crippen molar-refractivity contribution in [2.45, 2.75) is 39.7 Å². The summed E-state index contributed by atoms with van der Waals surface area (Å²) >= 11 is 0. The molecular formula is C26H27FN2O4. The largest absolute Gasteiger partial charge is 0.475 e. The Balaban J connectivity index is 1.58. The number of carboxylic acid groups (broad SMARTS) is 1. The van der Waals surface area contributed by atoms with Crippen LogP contribution < -0.4 is 0 Å². The molecule has 172 valence electrons. The Morgan fingerprint density at radius 3 is 2.48 bits per heavy atom. The maximum absolute atomic E-state index is 13.6. The topological polar surface area (TPSA) is 90.5 Å². The molecule has 6 nitrogen and oxygen atoms in total. The van der Waals surface area contributed by atoms with Gasteiger partial charge in [-0.25, -0.2) is 9.18 Å². The van der Waals surface area contributed by atoms with Crippen LogP contribution in [0.5, 0.6) is 0 Å². The average Bonchev–Trinajstić information content (AvgIpc) is 3.11. The van der Waals surface area contributed by atoms with Gasteiger partial charge in [-0.3, -0.25) is 9.59 Å². The van der Waals surface area contributed by atoms with Crippen LogP contribution in [0.15, 0.2) is 42.5 Å². The summed E-state index contributed by atoms with van der Waals surface area (Å²) < 4.78 is 13.2. The number of nitrogens with one attached hydrogen (secondary N) is 1. The van der Waals surface area contributed by atoms with Crippen LogP contribution in [0.3, 0.4) is 0 Å². The predicted octanol–water partition coefficient (Wildman–Crippen LogP) is 4.61. The summed E-state index contributed by atoms with van der Waals surface area (Å²) in [7, 11) is 0. The SMILES string of the molecule is Cc1[nH]c2ccc(C(=O)C(=O)O)cc2c1C(=O)N1C[C@H](C)C(Cc2ccc(F)cc2)C[C@H]1C. The lowest BCUT2D eigenvalue weighted by atomic mass is 9.79. The van der Waals surface area contributed by atoms with E-state index in [9.17, 15) is 18.8 Å². The first-order valence-electron chi connectivity index (χ1n) is 11.1. The van der Waals surface area contributed by atoms with Gasteiger partial charge in [0.15, 0.2) is 0 Å². The molecule has 0 aliphatic carbocycles. The van der Waals surface area contributed by atoms with E-state index in [1.165, 1.54) is 24.3 Å². The van der Waals surface area contributed by atoms with E-state index >= 15 is 0 Å². The molecule has 0 bridgehead atoms. The van der Waals surface area contributed by atoms with E-state index in [2.05, 4.69) is 11.9 Å². The zero-order valence-corrected chi connectivity index (χ0v) is 18.9. The molecule has 2 heterocycles. The lowest BCUT2D eigenvalue weighted by Gasteiger charge is -2.42. The summed E-state index contributed by atoms with van der Waals surface area (Å²) in [5, 5.41) is 9.61. The van der Waals surface area contributed by atoms with Crippen LogP contribution in [0.1, 0.15) is 52.2 Å². The van der Waals surface area contributed by atoms with E-state index in [0.717, 1.165) is 18.4 Å². The number of aryl methyl sites for hydroxylation is 1. The number of amides is 1. The van der Waals surface area contributed by atoms with Crippen LogP contribution in [-0.2, 0) is 11.2 Å². The van der Waals surface area contributed by atoms with Crippen molar-refractivity contribution in [2.24, 2.45) is 11.8 Å². The van der Waals surface area contributed by atoms with Crippen molar-refractivity contribution in [3.63, 3.8) is 0 Å². The molecule has 1 aromatic heterocycles. The normalized spacial score (nSPS) is 20.7.